The van der Waals surface area contributed by atoms with E-state index in [4.69, 9.17) is 31.3 Å². The van der Waals surface area contributed by atoms with Crippen molar-refractivity contribution in [3.63, 3.8) is 0 Å². The van der Waals surface area contributed by atoms with Crippen LogP contribution in [0, 0.1) is 11.3 Å². The lowest BCUT2D eigenvalue weighted by atomic mass is 10.1. The van der Waals surface area contributed by atoms with Gasteiger partial charge in [-0.2, -0.15) is 5.26 Å². The number of ether oxygens (including phenoxy) is 2. The number of carbonyl (C=O) groups excluding carboxylic acids is 1. The molecule has 48 heavy (non-hydrogen) atoms. The summed E-state index contributed by atoms with van der Waals surface area (Å²) in [5.41, 5.74) is 3.62. The van der Waals surface area contributed by atoms with Crippen LogP contribution >= 0.6 is 11.6 Å². The maximum Gasteiger partial charge on any atom is 0.328 e. The van der Waals surface area contributed by atoms with Crippen molar-refractivity contribution in [1.82, 2.24) is 9.88 Å². The first kappa shape index (κ1) is 36.6. The molecule has 0 unspecified atom stereocenters. The van der Waals surface area contributed by atoms with Gasteiger partial charge in [-0.1, -0.05) is 48.0 Å². The monoisotopic (exact) mass is 671 g/mol. The minimum atomic E-state index is -1.26. The molecule has 248 valence electrons. The van der Waals surface area contributed by atoms with Crippen molar-refractivity contribution >= 4 is 57.4 Å². The Bertz CT molecular complexity index is 1840. The van der Waals surface area contributed by atoms with Crippen LogP contribution < -0.4 is 20.1 Å². The summed E-state index contributed by atoms with van der Waals surface area (Å²) < 4.78 is 11.7. The molecule has 0 aliphatic carbocycles. The Morgan fingerprint density at radius 3 is 2.29 bits per heavy atom. The van der Waals surface area contributed by atoms with Crippen LogP contribution in [-0.4, -0.2) is 65.2 Å². The Balaban J connectivity index is 0.000000694. The summed E-state index contributed by atoms with van der Waals surface area (Å²) in [4.78, 5) is 38.1. The number of fused-ring (bicyclic) bond motifs is 1. The highest BCUT2D eigenvalue weighted by molar-refractivity contribution is 6.32. The smallest absolute Gasteiger partial charge is 0.328 e. The minimum absolute atomic E-state index is 0.293. The van der Waals surface area contributed by atoms with Gasteiger partial charge in [0.15, 0.2) is 0 Å². The van der Waals surface area contributed by atoms with Crippen molar-refractivity contribution < 1.29 is 34.1 Å². The molecule has 0 bridgehead atoms. The molecule has 4 N–H and O–H groups in total. The summed E-state index contributed by atoms with van der Waals surface area (Å²) in [7, 11) is 3.84. The molecule has 0 saturated carbocycles. The number of aromatic nitrogens is 1. The van der Waals surface area contributed by atoms with E-state index in [0.717, 1.165) is 5.56 Å². The van der Waals surface area contributed by atoms with Gasteiger partial charge in [0.1, 0.15) is 24.2 Å². The van der Waals surface area contributed by atoms with E-state index in [-0.39, 0.29) is 5.91 Å². The summed E-state index contributed by atoms with van der Waals surface area (Å²) in [6.07, 6.45) is 5.87. The van der Waals surface area contributed by atoms with Crippen LogP contribution in [0.2, 0.25) is 5.02 Å². The van der Waals surface area contributed by atoms with Gasteiger partial charge in [0, 0.05) is 48.1 Å². The number of aliphatic carboxylic acids is 2. The maximum atomic E-state index is 12.6. The van der Waals surface area contributed by atoms with E-state index in [9.17, 15) is 19.6 Å². The number of carbonyl (C=O) groups is 3. The third kappa shape index (κ3) is 11.5. The van der Waals surface area contributed by atoms with Gasteiger partial charge < -0.3 is 35.2 Å². The molecule has 13 heteroatoms. The number of nitrogens with one attached hydrogen (secondary N) is 2. The number of nitrogens with zero attached hydrogens (tertiary/aromatic N) is 3. The van der Waals surface area contributed by atoms with Crippen molar-refractivity contribution in [3.05, 3.63) is 107 Å². The van der Waals surface area contributed by atoms with Crippen molar-refractivity contribution in [3.8, 4) is 17.6 Å². The van der Waals surface area contributed by atoms with Crippen LogP contribution in [0.1, 0.15) is 18.1 Å². The van der Waals surface area contributed by atoms with E-state index in [0.29, 0.717) is 82.0 Å². The minimum Gasteiger partial charge on any atom is -0.492 e. The van der Waals surface area contributed by atoms with E-state index >= 15 is 0 Å². The molecule has 12 nitrogen and oxygen atoms in total. The van der Waals surface area contributed by atoms with Gasteiger partial charge in [0.05, 0.1) is 34.1 Å². The molecule has 3 aromatic carbocycles. The number of hydrogen-bond acceptors (Lipinski definition) is 9. The lowest BCUT2D eigenvalue weighted by molar-refractivity contribution is -0.134. The molecule has 1 heterocycles. The average Bonchev–Trinajstić information content (AvgIpc) is 3.04. The van der Waals surface area contributed by atoms with Crippen LogP contribution in [0.3, 0.4) is 0 Å². The Kier molecular flexibility index (Phi) is 13.9. The Morgan fingerprint density at radius 1 is 0.979 bits per heavy atom. The number of pyridine rings is 1. The molecule has 0 fully saturated rings. The van der Waals surface area contributed by atoms with Gasteiger partial charge in [0.25, 0.3) is 0 Å². The molecular formula is C35H34ClN5O7. The zero-order chi connectivity index (χ0) is 35.1. The first-order valence-electron chi connectivity index (χ1n) is 14.5. The maximum absolute atomic E-state index is 12.6. The topological polar surface area (TPSA) is 174 Å². The Morgan fingerprint density at radius 2 is 1.69 bits per heavy atom. The fourth-order valence-electron chi connectivity index (χ4n) is 4.07. The predicted molar refractivity (Wildman–Crippen MR) is 184 cm³/mol. The second-order valence-corrected chi connectivity index (χ2v) is 10.6. The van der Waals surface area contributed by atoms with Crippen molar-refractivity contribution in [2.24, 2.45) is 0 Å². The molecule has 1 amide bonds. The zero-order valence-corrected chi connectivity index (χ0v) is 27.2. The standard InChI is InChI=1S/C31H30ClN5O3.C4H4O4/c1-4-39-29-17-26-24(16-27(29)36-30(38)11-8-14-37(2)3)31(22(18-33)19-34-26)35-23-12-13-28(25(32)15-23)40-20-21-9-6-5-7-10-21;5-3(6)1-2-4(7)8/h5-13,15-17,19H,4,14,20H2,1-3H3,(H,34,35)(H,36,38);1-2H,(H,5,6)(H,7,8). The highest BCUT2D eigenvalue weighted by Gasteiger charge is 2.16. The lowest BCUT2D eigenvalue weighted by Gasteiger charge is -2.16. The van der Waals surface area contributed by atoms with E-state index < -0.39 is 11.9 Å². The highest BCUT2D eigenvalue weighted by atomic mass is 35.5. The molecule has 4 aromatic rings. The van der Waals surface area contributed by atoms with Crippen molar-refractivity contribution in [1.29, 1.82) is 5.26 Å². The van der Waals surface area contributed by atoms with Gasteiger partial charge in [-0.25, -0.2) is 9.59 Å². The fraction of sp³-hybridized carbons (Fsp3) is 0.171. The number of carboxylic acids is 2. The number of amides is 1. The molecule has 0 radical (unpaired) electrons. The molecule has 0 aliphatic heterocycles. The third-order valence-electron chi connectivity index (χ3n) is 6.19. The summed E-state index contributed by atoms with van der Waals surface area (Å²) >= 11 is 6.54. The van der Waals surface area contributed by atoms with Crippen molar-refractivity contribution in [2.75, 3.05) is 37.9 Å². The summed E-state index contributed by atoms with van der Waals surface area (Å²) in [5.74, 6) is -1.78. The van der Waals surface area contributed by atoms with Gasteiger partial charge in [-0.15, -0.1) is 0 Å². The number of carboxylic acid groups (broad SMARTS) is 2. The number of rotatable bonds is 13. The van der Waals surface area contributed by atoms with Crippen LogP contribution in [0.25, 0.3) is 10.9 Å². The van der Waals surface area contributed by atoms with Gasteiger partial charge >= 0.3 is 11.9 Å². The van der Waals surface area contributed by atoms with Crippen LogP contribution in [0.5, 0.6) is 11.5 Å². The predicted octanol–water partition coefficient (Wildman–Crippen LogP) is 6.25. The number of halogens is 1. The number of nitriles is 1. The largest absolute Gasteiger partial charge is 0.492 e. The molecular weight excluding hydrogens is 638 g/mol. The van der Waals surface area contributed by atoms with Gasteiger partial charge in [-0.05, 0) is 50.8 Å². The zero-order valence-electron chi connectivity index (χ0n) is 26.4. The molecule has 0 saturated heterocycles. The van der Waals surface area contributed by atoms with Crippen LogP contribution in [-0.2, 0) is 21.0 Å². The normalized spacial score (nSPS) is 10.8. The lowest BCUT2D eigenvalue weighted by Crippen LogP contribution is -2.13. The Labute approximate surface area is 282 Å². The number of benzene rings is 3. The molecule has 0 atom stereocenters. The average molecular weight is 672 g/mol. The second-order valence-electron chi connectivity index (χ2n) is 10.2. The summed E-state index contributed by atoms with van der Waals surface area (Å²) in [5, 5.41) is 32.7. The number of anilines is 3. The molecule has 4 rings (SSSR count). The van der Waals surface area contributed by atoms with Gasteiger partial charge in [0.2, 0.25) is 5.91 Å². The molecule has 1 aromatic heterocycles. The quantitative estimate of drug-likeness (QED) is 0.118. The van der Waals surface area contributed by atoms with Crippen LogP contribution in [0.4, 0.5) is 17.1 Å². The van der Waals surface area contributed by atoms with E-state index in [1.807, 2.05) is 62.3 Å². The Hall–Kier alpha value is -5.90. The van der Waals surface area contributed by atoms with E-state index in [2.05, 4.69) is 21.7 Å². The SMILES string of the molecule is CCOc1cc2ncc(C#N)c(Nc3ccc(OCc4ccccc4)c(Cl)c3)c2cc1NC(=O)C=CCN(C)C.O=C(O)C=CC(=O)O. The molecule has 0 aliphatic rings. The van der Waals surface area contributed by atoms with E-state index in [1.54, 1.807) is 30.3 Å². The first-order chi connectivity index (χ1) is 23.0. The van der Waals surface area contributed by atoms with Crippen molar-refractivity contribution in [2.45, 2.75) is 13.5 Å². The summed E-state index contributed by atoms with van der Waals surface area (Å²) in [6, 6.07) is 20.9. The highest BCUT2D eigenvalue weighted by Crippen LogP contribution is 2.37. The number of hydrogen-bond donors (Lipinski definition) is 4. The van der Waals surface area contributed by atoms with E-state index in [1.165, 1.54) is 12.3 Å². The summed E-state index contributed by atoms with van der Waals surface area (Å²) in [6.45, 7) is 3.29. The third-order valence-corrected chi connectivity index (χ3v) is 6.49. The first-order valence-corrected chi connectivity index (χ1v) is 14.9. The second kappa shape index (κ2) is 18.3. The molecule has 0 spiro atoms. The van der Waals surface area contributed by atoms with Crippen LogP contribution in [0.15, 0.2) is 91.2 Å². The fourth-order valence-corrected chi connectivity index (χ4v) is 4.31. The van der Waals surface area contributed by atoms with Gasteiger partial charge in [-0.3, -0.25) is 9.78 Å². The number of likely N-dealkylation sites (N-methyl/N-ethyl adjacent to an activating group) is 1.